The summed E-state index contributed by atoms with van der Waals surface area (Å²) in [6, 6.07) is 18.7. The van der Waals surface area contributed by atoms with Crippen LogP contribution in [0.1, 0.15) is 65.0 Å². The maximum Gasteiger partial charge on any atom is 0.255 e. The number of para-hydroxylation sites is 1. The Morgan fingerprint density at radius 2 is 1.78 bits per heavy atom. The maximum atomic E-state index is 12.9. The molecule has 4 rings (SSSR count). The second-order valence-corrected chi connectivity index (χ2v) is 9.10. The lowest BCUT2D eigenvalue weighted by molar-refractivity contribution is 0.102. The smallest absolute Gasteiger partial charge is 0.255 e. The van der Waals surface area contributed by atoms with Gasteiger partial charge in [-0.05, 0) is 69.1 Å². The summed E-state index contributed by atoms with van der Waals surface area (Å²) < 4.78 is 1.99. The Hall–Kier alpha value is -2.92. The zero-order valence-electron chi connectivity index (χ0n) is 19.5. The molecule has 32 heavy (non-hydrogen) atoms. The van der Waals surface area contributed by atoms with E-state index in [0.717, 1.165) is 34.7 Å². The van der Waals surface area contributed by atoms with E-state index in [2.05, 4.69) is 41.4 Å². The fraction of sp³-hybridized carbons (Fsp3) is 0.407. The van der Waals surface area contributed by atoms with Crippen molar-refractivity contribution in [3.8, 4) is 0 Å². The number of hydrogen-bond donors (Lipinski definition) is 1. The molecule has 0 aliphatic heterocycles. The van der Waals surface area contributed by atoms with E-state index in [4.69, 9.17) is 0 Å². The van der Waals surface area contributed by atoms with Crippen molar-refractivity contribution in [2.45, 2.75) is 65.1 Å². The number of carbonyl (C=O) groups excluding carboxylic acids is 1. The van der Waals surface area contributed by atoms with Gasteiger partial charge in [0.05, 0.1) is 12.2 Å². The summed E-state index contributed by atoms with van der Waals surface area (Å²) in [5.74, 6) is -0.0737. The molecule has 1 heterocycles. The normalized spacial score (nSPS) is 14.6. The molecule has 0 atom stereocenters. The molecule has 1 aromatic heterocycles. The molecule has 1 aliphatic carbocycles. The summed E-state index contributed by atoms with van der Waals surface area (Å²) >= 11 is 0. The van der Waals surface area contributed by atoms with E-state index >= 15 is 0 Å². The molecule has 3 aromatic rings. The molecule has 0 radical (unpaired) electrons. The molecule has 0 saturated heterocycles. The Balaban J connectivity index is 1.41. The predicted molar refractivity (Wildman–Crippen MR) is 130 cm³/mol. The van der Waals surface area contributed by atoms with Gasteiger partial charge >= 0.3 is 0 Å². The molecule has 168 valence electrons. The van der Waals surface area contributed by atoms with Gasteiger partial charge in [-0.2, -0.15) is 5.10 Å². The van der Waals surface area contributed by atoms with E-state index in [1.54, 1.807) is 0 Å². The number of benzene rings is 2. The Kier molecular flexibility index (Phi) is 7.05. The third-order valence-corrected chi connectivity index (χ3v) is 6.54. The zero-order chi connectivity index (χ0) is 22.5. The topological polar surface area (TPSA) is 50.2 Å². The number of nitrogens with zero attached hydrogens (tertiary/aromatic N) is 3. The highest BCUT2D eigenvalue weighted by atomic mass is 16.1. The van der Waals surface area contributed by atoms with Crippen molar-refractivity contribution in [3.05, 3.63) is 82.7 Å². The number of hydrogen-bond acceptors (Lipinski definition) is 3. The first kappa shape index (κ1) is 22.3. The lowest BCUT2D eigenvalue weighted by Crippen LogP contribution is -2.33. The van der Waals surface area contributed by atoms with Crippen molar-refractivity contribution < 1.29 is 4.79 Å². The Morgan fingerprint density at radius 1 is 1.06 bits per heavy atom. The molecule has 5 heteroatoms. The lowest BCUT2D eigenvalue weighted by atomic mass is 9.94. The van der Waals surface area contributed by atoms with Crippen molar-refractivity contribution in [2.24, 2.45) is 0 Å². The van der Waals surface area contributed by atoms with Gasteiger partial charge in [-0.3, -0.25) is 14.4 Å². The second-order valence-electron chi connectivity index (χ2n) is 9.10. The van der Waals surface area contributed by atoms with Crippen molar-refractivity contribution in [3.63, 3.8) is 0 Å². The minimum absolute atomic E-state index is 0.0737. The fourth-order valence-corrected chi connectivity index (χ4v) is 4.66. The average molecular weight is 431 g/mol. The van der Waals surface area contributed by atoms with E-state index < -0.39 is 0 Å². The number of nitrogens with one attached hydrogen (secondary N) is 1. The first-order valence-corrected chi connectivity index (χ1v) is 11.7. The van der Waals surface area contributed by atoms with Gasteiger partial charge in [0.2, 0.25) is 0 Å². The van der Waals surface area contributed by atoms with Gasteiger partial charge < -0.3 is 5.32 Å². The minimum atomic E-state index is -0.0737. The monoisotopic (exact) mass is 430 g/mol. The molecule has 0 spiro atoms. The fourth-order valence-electron chi connectivity index (χ4n) is 4.66. The molecule has 0 unspecified atom stereocenters. The van der Waals surface area contributed by atoms with Gasteiger partial charge in [-0.15, -0.1) is 0 Å². The number of aromatic nitrogens is 2. The van der Waals surface area contributed by atoms with Gasteiger partial charge in [-0.1, -0.05) is 49.6 Å². The number of rotatable bonds is 7. The van der Waals surface area contributed by atoms with Crippen LogP contribution in [0, 0.1) is 13.8 Å². The Labute approximate surface area is 191 Å². The number of anilines is 1. The van der Waals surface area contributed by atoms with Crippen molar-refractivity contribution in [1.29, 1.82) is 0 Å². The molecule has 1 N–H and O–H groups in total. The molecule has 1 amide bonds. The molecule has 0 bridgehead atoms. The van der Waals surface area contributed by atoms with E-state index in [-0.39, 0.29) is 5.91 Å². The molecule has 1 fully saturated rings. The highest BCUT2D eigenvalue weighted by molar-refractivity contribution is 6.04. The standard InChI is InChI=1S/C27H34N4O/c1-20-17-21(2)31(29-20)18-22-13-15-23(16-14-22)27(32)28-26-12-8-7-9-24(26)19-30(3)25-10-5-4-6-11-25/h7-9,12-17,25H,4-6,10-11,18-19H2,1-3H3,(H,28,32). The SMILES string of the molecule is Cc1cc(C)n(Cc2ccc(C(=O)Nc3ccccc3CN(C)C3CCCCC3)cc2)n1. The number of aryl methyl sites for hydroxylation is 2. The van der Waals surface area contributed by atoms with Crippen LogP contribution in [0.4, 0.5) is 5.69 Å². The van der Waals surface area contributed by atoms with Gasteiger partial charge in [0.1, 0.15) is 0 Å². The van der Waals surface area contributed by atoms with Crippen LogP contribution in [0.25, 0.3) is 0 Å². The van der Waals surface area contributed by atoms with Gasteiger partial charge in [0.15, 0.2) is 0 Å². The summed E-state index contributed by atoms with van der Waals surface area (Å²) in [6.07, 6.45) is 6.55. The zero-order valence-corrected chi connectivity index (χ0v) is 19.5. The largest absolute Gasteiger partial charge is 0.322 e. The van der Waals surface area contributed by atoms with E-state index in [9.17, 15) is 4.79 Å². The molecule has 1 aliphatic rings. The van der Waals surface area contributed by atoms with Crippen molar-refractivity contribution in [2.75, 3.05) is 12.4 Å². The minimum Gasteiger partial charge on any atom is -0.322 e. The summed E-state index contributed by atoms with van der Waals surface area (Å²) in [7, 11) is 2.20. The maximum absolute atomic E-state index is 12.9. The van der Waals surface area contributed by atoms with Crippen LogP contribution < -0.4 is 5.32 Å². The number of carbonyl (C=O) groups is 1. The quantitative estimate of drug-likeness (QED) is 0.533. The van der Waals surface area contributed by atoms with E-state index in [1.165, 1.54) is 32.1 Å². The van der Waals surface area contributed by atoms with Gasteiger partial charge in [0, 0.05) is 29.5 Å². The highest BCUT2D eigenvalue weighted by Gasteiger charge is 2.19. The van der Waals surface area contributed by atoms with Crippen LogP contribution in [-0.4, -0.2) is 33.7 Å². The number of amides is 1. The second kappa shape index (κ2) is 10.1. The first-order chi connectivity index (χ1) is 15.5. The molecule has 1 saturated carbocycles. The van der Waals surface area contributed by atoms with Crippen LogP contribution >= 0.6 is 0 Å². The van der Waals surface area contributed by atoms with Crippen LogP contribution in [0.15, 0.2) is 54.6 Å². The average Bonchev–Trinajstić information content (AvgIpc) is 3.12. The lowest BCUT2D eigenvalue weighted by Gasteiger charge is -2.31. The van der Waals surface area contributed by atoms with Gasteiger partial charge in [-0.25, -0.2) is 0 Å². The molecular formula is C27H34N4O. The first-order valence-electron chi connectivity index (χ1n) is 11.7. The molecule has 2 aromatic carbocycles. The van der Waals surface area contributed by atoms with Crippen LogP contribution in [0.5, 0.6) is 0 Å². The molecule has 5 nitrogen and oxygen atoms in total. The Morgan fingerprint density at radius 3 is 2.47 bits per heavy atom. The van der Waals surface area contributed by atoms with Crippen LogP contribution in [0.2, 0.25) is 0 Å². The summed E-state index contributed by atoms with van der Waals surface area (Å²) in [5, 5.41) is 7.65. The van der Waals surface area contributed by atoms with Crippen LogP contribution in [-0.2, 0) is 13.1 Å². The van der Waals surface area contributed by atoms with Crippen LogP contribution in [0.3, 0.4) is 0 Å². The summed E-state index contributed by atoms with van der Waals surface area (Å²) in [5.41, 5.74) is 6.01. The van der Waals surface area contributed by atoms with E-state index in [0.29, 0.717) is 18.2 Å². The van der Waals surface area contributed by atoms with Crippen molar-refractivity contribution in [1.82, 2.24) is 14.7 Å². The Bertz CT molecular complexity index is 1050. The van der Waals surface area contributed by atoms with E-state index in [1.807, 2.05) is 54.1 Å². The van der Waals surface area contributed by atoms with Gasteiger partial charge in [0.25, 0.3) is 5.91 Å². The predicted octanol–water partition coefficient (Wildman–Crippen LogP) is 5.57. The third-order valence-electron chi connectivity index (χ3n) is 6.54. The van der Waals surface area contributed by atoms with Crippen molar-refractivity contribution >= 4 is 11.6 Å². The highest BCUT2D eigenvalue weighted by Crippen LogP contribution is 2.25. The summed E-state index contributed by atoms with van der Waals surface area (Å²) in [4.78, 5) is 15.4. The summed E-state index contributed by atoms with van der Waals surface area (Å²) in [6.45, 7) is 5.62. The molecular weight excluding hydrogens is 396 g/mol. The third kappa shape index (κ3) is 5.46.